The number of hydrogen-bond acceptors (Lipinski definition) is 4. The van der Waals surface area contributed by atoms with Crippen LogP contribution in [0.5, 0.6) is 5.75 Å². The third-order valence-electron chi connectivity index (χ3n) is 4.19. The molecule has 0 N–H and O–H groups in total. The maximum atomic E-state index is 13.5. The summed E-state index contributed by atoms with van der Waals surface area (Å²) in [6.45, 7) is 0.941. The first-order valence-corrected chi connectivity index (χ1v) is 8.29. The number of hydrogen-bond donors (Lipinski definition) is 0. The first-order chi connectivity index (χ1) is 13.6. The Morgan fingerprint density at radius 2 is 1.86 bits per heavy atom. The third kappa shape index (κ3) is 4.13. The van der Waals surface area contributed by atoms with E-state index >= 15 is 0 Å². The molecular weight excluding hydrogens is 399 g/mol. The number of nitrogens with zero attached hydrogens (tertiary/aromatic N) is 4. The number of rotatable bonds is 5. The zero-order valence-electron chi connectivity index (χ0n) is 15.2. The lowest BCUT2D eigenvalue weighted by Gasteiger charge is -2.17. The molecule has 11 heteroatoms. The summed E-state index contributed by atoms with van der Waals surface area (Å²) >= 11 is 0. The van der Waals surface area contributed by atoms with Gasteiger partial charge in [-0.1, -0.05) is 18.2 Å². The van der Waals surface area contributed by atoms with E-state index in [4.69, 9.17) is 4.74 Å². The lowest BCUT2D eigenvalue weighted by molar-refractivity contribution is -0.139. The Hall–Kier alpha value is -3.24. The van der Waals surface area contributed by atoms with E-state index < -0.39 is 41.8 Å². The summed E-state index contributed by atoms with van der Waals surface area (Å²) in [6.07, 6.45) is -7.63. The molecule has 0 aliphatic rings. The van der Waals surface area contributed by atoms with E-state index in [0.29, 0.717) is 5.56 Å². The largest absolute Gasteiger partial charge is 0.488 e. The molecule has 2 aromatic carbocycles. The molecule has 0 bridgehead atoms. The van der Waals surface area contributed by atoms with Crippen LogP contribution in [0.3, 0.4) is 0 Å². The highest BCUT2D eigenvalue weighted by atomic mass is 19.4. The summed E-state index contributed by atoms with van der Waals surface area (Å²) in [5.74, 6) is -0.501. The zero-order chi connectivity index (χ0) is 21.3. The highest BCUT2D eigenvalue weighted by molar-refractivity contribution is 5.46. The summed E-state index contributed by atoms with van der Waals surface area (Å²) in [5.41, 5.74) is -1.94. The normalized spacial score (nSPS) is 11.9. The van der Waals surface area contributed by atoms with Crippen molar-refractivity contribution in [2.24, 2.45) is 7.05 Å². The van der Waals surface area contributed by atoms with Crippen molar-refractivity contribution in [3.05, 3.63) is 69.1 Å². The van der Waals surface area contributed by atoms with Crippen molar-refractivity contribution < 1.29 is 26.7 Å². The van der Waals surface area contributed by atoms with Gasteiger partial charge in [-0.15, -0.1) is 0 Å². The van der Waals surface area contributed by atoms with Gasteiger partial charge in [0.25, 0.3) is 6.43 Å². The van der Waals surface area contributed by atoms with Crippen LogP contribution in [0.2, 0.25) is 0 Å². The number of halogens is 5. The van der Waals surface area contributed by atoms with E-state index in [1.807, 2.05) is 0 Å². The maximum absolute atomic E-state index is 13.5. The first-order valence-electron chi connectivity index (χ1n) is 8.29. The fraction of sp³-hybridized carbons (Fsp3) is 0.278. The van der Waals surface area contributed by atoms with Crippen LogP contribution in [-0.4, -0.2) is 19.8 Å². The SMILES string of the molecule is Cc1ccc(C(F)(F)F)c(OCc2c(C(F)F)cccc2-n2nnn(C)c2=O)c1. The Morgan fingerprint density at radius 1 is 1.14 bits per heavy atom. The Labute approximate surface area is 161 Å². The molecule has 0 aliphatic carbocycles. The van der Waals surface area contributed by atoms with Crippen LogP contribution in [0.25, 0.3) is 5.69 Å². The van der Waals surface area contributed by atoms with Crippen LogP contribution in [0, 0.1) is 6.92 Å². The predicted octanol–water partition coefficient (Wildman–Crippen LogP) is 3.81. The zero-order valence-corrected chi connectivity index (χ0v) is 15.2. The Morgan fingerprint density at radius 3 is 2.45 bits per heavy atom. The molecular formula is C18H15F5N4O2. The number of alkyl halides is 5. The van der Waals surface area contributed by atoms with Crippen LogP contribution in [-0.2, 0) is 19.8 Å². The third-order valence-corrected chi connectivity index (χ3v) is 4.19. The van der Waals surface area contributed by atoms with E-state index in [1.165, 1.54) is 31.3 Å². The standard InChI is InChI=1S/C18H15F5N4O2/c1-10-6-7-13(18(21,22)23)15(8-10)29-9-12-11(16(19)20)4-3-5-14(12)27-17(28)26(2)24-25-27/h3-8,16H,9H2,1-2H3. The second-order valence-electron chi connectivity index (χ2n) is 6.23. The molecule has 0 saturated carbocycles. The highest BCUT2D eigenvalue weighted by Crippen LogP contribution is 2.37. The molecule has 0 fully saturated rings. The summed E-state index contributed by atoms with van der Waals surface area (Å²) in [4.78, 5) is 12.1. The maximum Gasteiger partial charge on any atom is 0.419 e. The second kappa shape index (κ2) is 7.64. The summed E-state index contributed by atoms with van der Waals surface area (Å²) < 4.78 is 73.8. The Kier molecular flexibility index (Phi) is 5.40. The molecule has 154 valence electrons. The van der Waals surface area contributed by atoms with Gasteiger partial charge in [0.1, 0.15) is 12.4 Å². The molecule has 3 aromatic rings. The molecule has 0 unspecified atom stereocenters. The molecule has 0 spiro atoms. The minimum Gasteiger partial charge on any atom is -0.488 e. The highest BCUT2D eigenvalue weighted by Gasteiger charge is 2.34. The lowest BCUT2D eigenvalue weighted by atomic mass is 10.1. The van der Waals surface area contributed by atoms with Crippen molar-refractivity contribution >= 4 is 0 Å². The van der Waals surface area contributed by atoms with Crippen LogP contribution in [0.15, 0.2) is 41.2 Å². The van der Waals surface area contributed by atoms with Crippen molar-refractivity contribution in [2.45, 2.75) is 26.1 Å². The van der Waals surface area contributed by atoms with Gasteiger partial charge in [0, 0.05) is 18.2 Å². The van der Waals surface area contributed by atoms with Crippen molar-refractivity contribution in [1.82, 2.24) is 19.8 Å². The summed E-state index contributed by atoms with van der Waals surface area (Å²) in [5, 5.41) is 7.13. The smallest absolute Gasteiger partial charge is 0.419 e. The molecule has 29 heavy (non-hydrogen) atoms. The average molecular weight is 414 g/mol. The van der Waals surface area contributed by atoms with Gasteiger partial charge in [-0.05, 0) is 41.1 Å². The molecule has 3 rings (SSSR count). The monoisotopic (exact) mass is 414 g/mol. The molecule has 1 heterocycles. The van der Waals surface area contributed by atoms with Crippen LogP contribution in [0.4, 0.5) is 22.0 Å². The first kappa shape index (κ1) is 20.5. The predicted molar refractivity (Wildman–Crippen MR) is 92.1 cm³/mol. The fourth-order valence-electron chi connectivity index (χ4n) is 2.75. The summed E-state index contributed by atoms with van der Waals surface area (Å²) in [7, 11) is 1.32. The average Bonchev–Trinajstić information content (AvgIpc) is 2.97. The minimum atomic E-state index is -4.68. The molecule has 0 radical (unpaired) electrons. The van der Waals surface area contributed by atoms with E-state index in [9.17, 15) is 26.7 Å². The quantitative estimate of drug-likeness (QED) is 0.596. The van der Waals surface area contributed by atoms with E-state index in [1.54, 1.807) is 6.92 Å². The number of ether oxygens (including phenoxy) is 1. The molecule has 1 aromatic heterocycles. The second-order valence-corrected chi connectivity index (χ2v) is 6.23. The van der Waals surface area contributed by atoms with Gasteiger partial charge < -0.3 is 4.74 Å². The Balaban J connectivity index is 2.07. The summed E-state index contributed by atoms with van der Waals surface area (Å²) in [6, 6.07) is 7.03. The van der Waals surface area contributed by atoms with Gasteiger partial charge in [-0.25, -0.2) is 13.6 Å². The van der Waals surface area contributed by atoms with Crippen LogP contribution < -0.4 is 10.4 Å². The molecule has 0 amide bonds. The van der Waals surface area contributed by atoms with Gasteiger partial charge in [-0.2, -0.15) is 22.5 Å². The minimum absolute atomic E-state index is 0.0536. The van der Waals surface area contributed by atoms with Gasteiger partial charge in [0.2, 0.25) is 0 Å². The van der Waals surface area contributed by atoms with Crippen LogP contribution >= 0.6 is 0 Å². The number of benzene rings is 2. The van der Waals surface area contributed by atoms with Crippen molar-refractivity contribution in [1.29, 1.82) is 0 Å². The number of aryl methyl sites for hydroxylation is 2. The molecule has 0 saturated heterocycles. The van der Waals surface area contributed by atoms with Crippen molar-refractivity contribution in [2.75, 3.05) is 0 Å². The van der Waals surface area contributed by atoms with Crippen molar-refractivity contribution in [3.8, 4) is 11.4 Å². The van der Waals surface area contributed by atoms with Gasteiger partial charge in [0.05, 0.1) is 11.3 Å². The van der Waals surface area contributed by atoms with E-state index in [0.717, 1.165) is 21.5 Å². The molecule has 0 aliphatic heterocycles. The van der Waals surface area contributed by atoms with Gasteiger partial charge in [0.15, 0.2) is 0 Å². The Bertz CT molecular complexity index is 1090. The van der Waals surface area contributed by atoms with E-state index in [-0.39, 0.29) is 11.3 Å². The molecule has 6 nitrogen and oxygen atoms in total. The lowest BCUT2D eigenvalue weighted by Crippen LogP contribution is -2.23. The number of aromatic nitrogens is 4. The van der Waals surface area contributed by atoms with Gasteiger partial charge in [-0.3, -0.25) is 0 Å². The fourth-order valence-corrected chi connectivity index (χ4v) is 2.75. The molecule has 0 atom stereocenters. The number of tetrazole rings is 1. The van der Waals surface area contributed by atoms with Gasteiger partial charge >= 0.3 is 11.9 Å². The van der Waals surface area contributed by atoms with Crippen LogP contribution in [0.1, 0.15) is 28.7 Å². The topological polar surface area (TPSA) is 61.9 Å². The van der Waals surface area contributed by atoms with Crippen molar-refractivity contribution in [3.63, 3.8) is 0 Å². The van der Waals surface area contributed by atoms with E-state index in [2.05, 4.69) is 10.4 Å².